The number of halogens is 1. The Morgan fingerprint density at radius 3 is 3.08 bits per heavy atom. The molecule has 1 aliphatic heterocycles. The Labute approximate surface area is 156 Å². The number of nitrogens with zero attached hydrogens (tertiary/aromatic N) is 2. The molecule has 130 valence electrons. The Kier molecular flexibility index (Phi) is 3.80. The Bertz CT molecular complexity index is 1110. The molecular weight excluding hydrogens is 346 g/mol. The van der Waals surface area contributed by atoms with Crippen molar-refractivity contribution in [1.82, 2.24) is 14.9 Å². The molecule has 0 unspecified atom stereocenters. The predicted octanol–water partition coefficient (Wildman–Crippen LogP) is 4.76. The molecule has 5 rings (SSSR count). The minimum absolute atomic E-state index is 0.582. The minimum atomic E-state index is 0.582. The van der Waals surface area contributed by atoms with Gasteiger partial charge >= 0.3 is 0 Å². The van der Waals surface area contributed by atoms with Gasteiger partial charge in [0.05, 0.1) is 5.02 Å². The van der Waals surface area contributed by atoms with Crippen molar-refractivity contribution in [3.63, 3.8) is 0 Å². The van der Waals surface area contributed by atoms with Crippen molar-refractivity contribution in [1.29, 1.82) is 0 Å². The first-order valence-electron chi connectivity index (χ1n) is 8.75. The smallest absolute Gasteiger partial charge is 0.152 e. The monoisotopic (exact) mass is 363 g/mol. The second kappa shape index (κ2) is 6.31. The van der Waals surface area contributed by atoms with Gasteiger partial charge in [-0.15, -0.1) is 0 Å². The summed E-state index contributed by atoms with van der Waals surface area (Å²) in [4.78, 5) is 10.1. The lowest BCUT2D eigenvalue weighted by atomic mass is 10.1. The molecule has 0 radical (unpaired) electrons. The molecular formula is C21H18ClN3O. The molecule has 2 aromatic heterocycles. The number of aromatic amines is 1. The van der Waals surface area contributed by atoms with Gasteiger partial charge in [0.25, 0.3) is 0 Å². The highest BCUT2D eigenvalue weighted by Crippen LogP contribution is 2.33. The SMILES string of the molecule is Clc1cnc2c3c(ccc2c1)CN(CCc1c[nH]c2ccccc12)CO3. The molecule has 2 aromatic carbocycles. The maximum Gasteiger partial charge on any atom is 0.152 e. The van der Waals surface area contributed by atoms with Crippen LogP contribution in [0.2, 0.25) is 5.02 Å². The highest BCUT2D eigenvalue weighted by molar-refractivity contribution is 6.31. The van der Waals surface area contributed by atoms with Crippen molar-refractivity contribution in [2.75, 3.05) is 13.3 Å². The average molecular weight is 364 g/mol. The van der Waals surface area contributed by atoms with E-state index in [1.54, 1.807) is 6.20 Å². The van der Waals surface area contributed by atoms with Crippen molar-refractivity contribution in [2.24, 2.45) is 0 Å². The number of pyridine rings is 1. The quantitative estimate of drug-likeness (QED) is 0.570. The van der Waals surface area contributed by atoms with Gasteiger partial charge in [0.1, 0.15) is 12.2 Å². The fraction of sp³-hybridized carbons (Fsp3) is 0.190. The van der Waals surface area contributed by atoms with E-state index in [2.05, 4.69) is 57.5 Å². The molecule has 0 bridgehead atoms. The molecule has 0 saturated heterocycles. The van der Waals surface area contributed by atoms with Gasteiger partial charge in [-0.05, 0) is 24.1 Å². The number of H-pyrrole nitrogens is 1. The van der Waals surface area contributed by atoms with Crippen molar-refractivity contribution in [2.45, 2.75) is 13.0 Å². The Morgan fingerprint density at radius 1 is 1.19 bits per heavy atom. The van der Waals surface area contributed by atoms with Crippen LogP contribution in [0.5, 0.6) is 5.75 Å². The first kappa shape index (κ1) is 15.7. The average Bonchev–Trinajstić information content (AvgIpc) is 3.09. The van der Waals surface area contributed by atoms with E-state index < -0.39 is 0 Å². The molecule has 0 amide bonds. The molecule has 5 heteroatoms. The van der Waals surface area contributed by atoms with Crippen LogP contribution >= 0.6 is 11.6 Å². The molecule has 3 heterocycles. The number of para-hydroxylation sites is 1. The van der Waals surface area contributed by atoms with E-state index in [0.29, 0.717) is 11.8 Å². The number of aromatic nitrogens is 2. The van der Waals surface area contributed by atoms with E-state index in [-0.39, 0.29) is 0 Å². The maximum absolute atomic E-state index is 6.06. The molecule has 0 fully saturated rings. The van der Waals surface area contributed by atoms with Gasteiger partial charge in [0.2, 0.25) is 0 Å². The first-order chi connectivity index (χ1) is 12.8. The van der Waals surface area contributed by atoms with Crippen molar-refractivity contribution >= 4 is 33.4 Å². The summed E-state index contributed by atoms with van der Waals surface area (Å²) in [5, 5.41) is 2.97. The van der Waals surface area contributed by atoms with Crippen LogP contribution in [0.4, 0.5) is 0 Å². The van der Waals surface area contributed by atoms with Gasteiger partial charge in [-0.1, -0.05) is 41.9 Å². The molecule has 1 N–H and O–H groups in total. The fourth-order valence-corrected chi connectivity index (χ4v) is 3.84. The van der Waals surface area contributed by atoms with Crippen molar-refractivity contribution < 1.29 is 4.74 Å². The van der Waals surface area contributed by atoms with Crippen LogP contribution in [-0.2, 0) is 13.0 Å². The van der Waals surface area contributed by atoms with Crippen molar-refractivity contribution in [3.8, 4) is 5.75 Å². The topological polar surface area (TPSA) is 41.2 Å². The fourth-order valence-electron chi connectivity index (χ4n) is 3.68. The molecule has 1 aliphatic rings. The van der Waals surface area contributed by atoms with Gasteiger partial charge in [0.15, 0.2) is 5.75 Å². The zero-order valence-electron chi connectivity index (χ0n) is 14.2. The third-order valence-corrected chi connectivity index (χ3v) is 5.22. The summed E-state index contributed by atoms with van der Waals surface area (Å²) in [6, 6.07) is 14.5. The van der Waals surface area contributed by atoms with Crippen LogP contribution in [0.3, 0.4) is 0 Å². The number of rotatable bonds is 3. The highest BCUT2D eigenvalue weighted by atomic mass is 35.5. The normalized spacial score (nSPS) is 14.5. The lowest BCUT2D eigenvalue weighted by Gasteiger charge is -2.29. The summed E-state index contributed by atoms with van der Waals surface area (Å²) < 4.78 is 6.06. The molecule has 0 saturated carbocycles. The van der Waals surface area contributed by atoms with Gasteiger partial charge in [-0.3, -0.25) is 9.88 Å². The number of fused-ring (bicyclic) bond motifs is 4. The third-order valence-electron chi connectivity index (χ3n) is 5.01. The van der Waals surface area contributed by atoms with Gasteiger partial charge in [0, 0.05) is 47.3 Å². The summed E-state index contributed by atoms with van der Waals surface area (Å²) in [5.74, 6) is 0.891. The Balaban J connectivity index is 1.35. The molecule has 0 aliphatic carbocycles. The van der Waals surface area contributed by atoms with Crippen LogP contribution in [0.1, 0.15) is 11.1 Å². The summed E-state index contributed by atoms with van der Waals surface area (Å²) in [5.41, 5.74) is 4.61. The zero-order valence-corrected chi connectivity index (χ0v) is 15.0. The van der Waals surface area contributed by atoms with Crippen LogP contribution in [0, 0.1) is 0 Å². The summed E-state index contributed by atoms with van der Waals surface area (Å²) in [6.45, 7) is 2.41. The first-order valence-corrected chi connectivity index (χ1v) is 9.13. The van der Waals surface area contributed by atoms with E-state index in [9.17, 15) is 0 Å². The predicted molar refractivity (Wildman–Crippen MR) is 105 cm³/mol. The lowest BCUT2D eigenvalue weighted by molar-refractivity contribution is 0.0981. The number of ether oxygens (including phenoxy) is 1. The van der Waals surface area contributed by atoms with Gasteiger partial charge in [-0.2, -0.15) is 0 Å². The third kappa shape index (κ3) is 2.71. The van der Waals surface area contributed by atoms with E-state index >= 15 is 0 Å². The lowest BCUT2D eigenvalue weighted by Crippen LogP contribution is -2.33. The number of hydrogen-bond donors (Lipinski definition) is 1. The maximum atomic E-state index is 6.06. The zero-order chi connectivity index (χ0) is 17.5. The van der Waals surface area contributed by atoms with Crippen LogP contribution in [-0.4, -0.2) is 28.1 Å². The van der Waals surface area contributed by atoms with Gasteiger partial charge < -0.3 is 9.72 Å². The second-order valence-corrected chi connectivity index (χ2v) is 7.15. The summed E-state index contributed by atoms with van der Waals surface area (Å²) >= 11 is 6.04. The number of benzene rings is 2. The standard InChI is InChI=1S/C21H18ClN3O/c22-17-9-14-5-6-16-12-25(13-26-21(16)20(14)24-11-17)8-7-15-10-23-19-4-2-1-3-18(15)19/h1-6,9-11,23H,7-8,12-13H2. The highest BCUT2D eigenvalue weighted by Gasteiger charge is 2.20. The van der Waals surface area contributed by atoms with E-state index in [4.69, 9.17) is 16.3 Å². The van der Waals surface area contributed by atoms with Crippen LogP contribution < -0.4 is 4.74 Å². The van der Waals surface area contributed by atoms with E-state index in [1.807, 2.05) is 6.07 Å². The van der Waals surface area contributed by atoms with E-state index in [1.165, 1.54) is 22.0 Å². The van der Waals surface area contributed by atoms with Crippen molar-refractivity contribution in [3.05, 3.63) is 71.0 Å². The second-order valence-electron chi connectivity index (χ2n) is 6.71. The van der Waals surface area contributed by atoms with E-state index in [0.717, 1.165) is 36.2 Å². The molecule has 4 aromatic rings. The van der Waals surface area contributed by atoms with Crippen LogP contribution in [0.15, 0.2) is 54.9 Å². The van der Waals surface area contributed by atoms with Crippen LogP contribution in [0.25, 0.3) is 21.8 Å². The largest absolute Gasteiger partial charge is 0.475 e. The molecule has 0 spiro atoms. The summed E-state index contributed by atoms with van der Waals surface area (Å²) in [6.07, 6.45) is 4.78. The minimum Gasteiger partial charge on any atom is -0.475 e. The molecule has 4 nitrogen and oxygen atoms in total. The molecule has 0 atom stereocenters. The number of nitrogens with one attached hydrogen (secondary N) is 1. The van der Waals surface area contributed by atoms with Gasteiger partial charge in [-0.25, -0.2) is 0 Å². The Morgan fingerprint density at radius 2 is 2.12 bits per heavy atom. The molecule has 26 heavy (non-hydrogen) atoms. The summed E-state index contributed by atoms with van der Waals surface area (Å²) in [7, 11) is 0. The Hall–Kier alpha value is -2.56. The number of hydrogen-bond acceptors (Lipinski definition) is 3.